The quantitative estimate of drug-likeness (QED) is 0.162. The zero-order valence-corrected chi connectivity index (χ0v) is 18.7. The Morgan fingerprint density at radius 3 is 2.55 bits per heavy atom. The van der Waals surface area contributed by atoms with E-state index in [1.165, 1.54) is 17.7 Å². The number of benzene rings is 3. The molecule has 3 aromatic carbocycles. The fraction of sp³-hybridized carbons (Fsp3) is 0.192. The van der Waals surface area contributed by atoms with Gasteiger partial charge >= 0.3 is 0 Å². The topological polar surface area (TPSA) is 83.2 Å². The summed E-state index contributed by atoms with van der Waals surface area (Å²) in [7, 11) is 1.59. The van der Waals surface area contributed by atoms with Crippen molar-refractivity contribution in [2.75, 3.05) is 7.11 Å². The smallest absolute Gasteiger partial charge is 0.269 e. The van der Waals surface area contributed by atoms with Crippen molar-refractivity contribution < 1.29 is 19.2 Å². The molecular weight excluding hydrogens is 420 g/mol. The van der Waals surface area contributed by atoms with E-state index in [1.54, 1.807) is 31.5 Å². The Kier molecular flexibility index (Phi) is 8.18. The molecule has 7 heteroatoms. The van der Waals surface area contributed by atoms with Gasteiger partial charge in [0.05, 0.1) is 18.2 Å². The molecule has 0 aliphatic rings. The fourth-order valence-electron chi connectivity index (χ4n) is 3.19. The van der Waals surface area contributed by atoms with Crippen LogP contribution >= 0.6 is 0 Å². The minimum Gasteiger partial charge on any atom is -0.493 e. The Labute approximate surface area is 193 Å². The van der Waals surface area contributed by atoms with Gasteiger partial charge in [-0.1, -0.05) is 53.2 Å². The lowest BCUT2D eigenvalue weighted by Gasteiger charge is -2.16. The van der Waals surface area contributed by atoms with E-state index in [9.17, 15) is 10.1 Å². The number of hydrogen-bond donors (Lipinski definition) is 0. The number of aryl methyl sites for hydroxylation is 1. The number of ether oxygens (including phenoxy) is 2. The number of oxime groups is 1. The van der Waals surface area contributed by atoms with Crippen molar-refractivity contribution in [1.29, 1.82) is 0 Å². The van der Waals surface area contributed by atoms with Gasteiger partial charge < -0.3 is 14.3 Å². The first-order chi connectivity index (χ1) is 16.0. The average molecular weight is 447 g/mol. The molecule has 3 rings (SSSR count). The van der Waals surface area contributed by atoms with Crippen LogP contribution in [0.15, 0.2) is 78.5 Å². The lowest BCUT2D eigenvalue weighted by Crippen LogP contribution is -2.02. The van der Waals surface area contributed by atoms with E-state index in [-0.39, 0.29) is 12.3 Å². The molecule has 0 saturated carbocycles. The summed E-state index contributed by atoms with van der Waals surface area (Å²) in [6, 6.07) is 18.2. The first-order valence-corrected chi connectivity index (χ1v) is 10.4. The van der Waals surface area contributed by atoms with Gasteiger partial charge in [-0.2, -0.15) is 0 Å². The highest BCUT2D eigenvalue weighted by atomic mass is 16.6. The number of nitro groups is 1. The van der Waals surface area contributed by atoms with Crippen LogP contribution in [0.25, 0.3) is 0 Å². The Morgan fingerprint density at radius 2 is 1.85 bits per heavy atom. The Bertz CT molecular complexity index is 1140. The Balaban J connectivity index is 1.72. The molecular formula is C26H26N2O5. The maximum atomic E-state index is 10.9. The molecule has 33 heavy (non-hydrogen) atoms. The summed E-state index contributed by atoms with van der Waals surface area (Å²) in [6.07, 6.45) is 3.96. The number of nitro benzene ring substituents is 1. The minimum atomic E-state index is -0.442. The van der Waals surface area contributed by atoms with E-state index < -0.39 is 4.92 Å². The normalized spacial score (nSPS) is 10.7. The summed E-state index contributed by atoms with van der Waals surface area (Å²) in [6.45, 7) is 6.42. The fourth-order valence-corrected chi connectivity index (χ4v) is 3.19. The van der Waals surface area contributed by atoms with Gasteiger partial charge in [0.1, 0.15) is 13.2 Å². The second-order valence-electron chi connectivity index (χ2n) is 7.41. The average Bonchev–Trinajstić information content (AvgIpc) is 2.82. The third kappa shape index (κ3) is 6.67. The number of allylic oxidation sites excluding steroid dienone is 1. The molecule has 0 N–H and O–H groups in total. The van der Waals surface area contributed by atoms with Crippen molar-refractivity contribution in [3.05, 3.63) is 111 Å². The molecule has 0 unspecified atom stereocenters. The lowest BCUT2D eigenvalue weighted by molar-refractivity contribution is -0.384. The third-order valence-electron chi connectivity index (χ3n) is 4.87. The second-order valence-corrected chi connectivity index (χ2v) is 7.41. The Morgan fingerprint density at radius 1 is 1.06 bits per heavy atom. The number of nitrogens with zero attached hydrogens (tertiary/aromatic N) is 2. The van der Waals surface area contributed by atoms with Crippen molar-refractivity contribution in [2.24, 2.45) is 5.16 Å². The van der Waals surface area contributed by atoms with E-state index in [4.69, 9.17) is 14.3 Å². The summed E-state index contributed by atoms with van der Waals surface area (Å²) in [5, 5.41) is 14.9. The number of methoxy groups -OCH3 is 1. The van der Waals surface area contributed by atoms with Gasteiger partial charge in [-0.05, 0) is 36.6 Å². The van der Waals surface area contributed by atoms with Crippen molar-refractivity contribution in [1.82, 2.24) is 0 Å². The second kappa shape index (κ2) is 11.5. The largest absolute Gasteiger partial charge is 0.493 e. The van der Waals surface area contributed by atoms with Crippen LogP contribution in [0.5, 0.6) is 11.5 Å². The van der Waals surface area contributed by atoms with E-state index >= 15 is 0 Å². The van der Waals surface area contributed by atoms with Gasteiger partial charge in [-0.25, -0.2) is 0 Å². The molecule has 0 bridgehead atoms. The number of non-ortho nitro benzene ring substituents is 1. The van der Waals surface area contributed by atoms with Gasteiger partial charge in [-0.15, -0.1) is 6.58 Å². The molecule has 170 valence electrons. The zero-order valence-electron chi connectivity index (χ0n) is 18.7. The maximum Gasteiger partial charge on any atom is 0.269 e. The van der Waals surface area contributed by atoms with E-state index in [1.807, 2.05) is 43.3 Å². The molecule has 0 aromatic heterocycles. The standard InChI is InChI=1S/C26H26N2O5/c1-4-6-23-13-22(16-27-33-18-21-7-5-8-24(14-21)28(29)30)15-25(31-3)26(23)32-17-20-11-9-19(2)10-12-20/h4-5,7-16H,1,6,17-18H2,2-3H3/b27-16-. The molecule has 0 heterocycles. The summed E-state index contributed by atoms with van der Waals surface area (Å²) in [4.78, 5) is 15.8. The zero-order chi connectivity index (χ0) is 23.6. The molecule has 0 atom stereocenters. The van der Waals surface area contributed by atoms with E-state index in [0.29, 0.717) is 30.1 Å². The van der Waals surface area contributed by atoms with Gasteiger partial charge in [0.15, 0.2) is 11.5 Å². The van der Waals surface area contributed by atoms with Crippen molar-refractivity contribution >= 4 is 11.9 Å². The third-order valence-corrected chi connectivity index (χ3v) is 4.87. The molecule has 0 aliphatic carbocycles. The molecule has 0 saturated heterocycles. The van der Waals surface area contributed by atoms with Crippen molar-refractivity contribution in [2.45, 2.75) is 26.6 Å². The molecule has 7 nitrogen and oxygen atoms in total. The SMILES string of the molecule is C=CCc1cc(/C=N\OCc2cccc([N+](=O)[O-])c2)cc(OC)c1OCc1ccc(C)cc1. The van der Waals surface area contributed by atoms with Crippen LogP contribution in [-0.4, -0.2) is 18.2 Å². The number of hydrogen-bond acceptors (Lipinski definition) is 6. The van der Waals surface area contributed by atoms with E-state index in [0.717, 1.165) is 16.7 Å². The van der Waals surface area contributed by atoms with Crippen molar-refractivity contribution in [3.8, 4) is 11.5 Å². The predicted octanol–water partition coefficient (Wildman–Crippen LogP) is 5.77. The lowest BCUT2D eigenvalue weighted by atomic mass is 10.1. The summed E-state index contributed by atoms with van der Waals surface area (Å²) in [5.74, 6) is 1.24. The van der Waals surface area contributed by atoms with Crippen LogP contribution < -0.4 is 9.47 Å². The van der Waals surface area contributed by atoms with Gasteiger partial charge in [-0.3, -0.25) is 10.1 Å². The molecule has 0 aliphatic heterocycles. The van der Waals surface area contributed by atoms with Gasteiger partial charge in [0, 0.05) is 23.3 Å². The van der Waals surface area contributed by atoms with Crippen molar-refractivity contribution in [3.63, 3.8) is 0 Å². The van der Waals surface area contributed by atoms with Gasteiger partial charge in [0.2, 0.25) is 0 Å². The van der Waals surface area contributed by atoms with Crippen LogP contribution in [0.2, 0.25) is 0 Å². The summed E-state index contributed by atoms with van der Waals surface area (Å²) >= 11 is 0. The maximum absolute atomic E-state index is 10.9. The first kappa shape index (κ1) is 23.5. The van der Waals surface area contributed by atoms with Gasteiger partial charge in [0.25, 0.3) is 5.69 Å². The molecule has 0 radical (unpaired) electrons. The molecule has 0 fully saturated rings. The molecule has 3 aromatic rings. The monoisotopic (exact) mass is 446 g/mol. The predicted molar refractivity (Wildman–Crippen MR) is 128 cm³/mol. The number of rotatable bonds is 11. The van der Waals surface area contributed by atoms with Crippen LogP contribution in [0.3, 0.4) is 0 Å². The highest BCUT2D eigenvalue weighted by Gasteiger charge is 2.13. The van der Waals surface area contributed by atoms with Crippen LogP contribution in [0.1, 0.15) is 27.8 Å². The summed E-state index contributed by atoms with van der Waals surface area (Å²) < 4.78 is 11.7. The first-order valence-electron chi connectivity index (χ1n) is 10.4. The highest BCUT2D eigenvalue weighted by molar-refractivity contribution is 5.81. The minimum absolute atomic E-state index is 0.0140. The van der Waals surface area contributed by atoms with Crippen LogP contribution in [0, 0.1) is 17.0 Å². The Hall–Kier alpha value is -4.13. The molecule has 0 amide bonds. The van der Waals surface area contributed by atoms with E-state index in [2.05, 4.69) is 11.7 Å². The van der Waals surface area contributed by atoms with Crippen LogP contribution in [-0.2, 0) is 24.5 Å². The van der Waals surface area contributed by atoms with Crippen LogP contribution in [0.4, 0.5) is 5.69 Å². The molecule has 0 spiro atoms. The summed E-state index contributed by atoms with van der Waals surface area (Å²) in [5.41, 5.74) is 4.61. The highest BCUT2D eigenvalue weighted by Crippen LogP contribution is 2.34.